The Labute approximate surface area is 166 Å². The van der Waals surface area contributed by atoms with Gasteiger partial charge in [-0.15, -0.1) is 0 Å². The molecule has 0 aromatic carbocycles. The van der Waals surface area contributed by atoms with E-state index in [4.69, 9.17) is 4.74 Å². The first-order valence-electron chi connectivity index (χ1n) is 10.1. The Hall–Kier alpha value is -1.67. The van der Waals surface area contributed by atoms with Gasteiger partial charge in [-0.2, -0.15) is 0 Å². The van der Waals surface area contributed by atoms with Gasteiger partial charge in [0.25, 0.3) is 5.60 Å². The molecule has 1 saturated heterocycles. The molecule has 0 aromatic heterocycles. The van der Waals surface area contributed by atoms with Crippen LogP contribution >= 0.6 is 0 Å². The molecule has 0 spiro atoms. The van der Waals surface area contributed by atoms with Gasteiger partial charge in [0.1, 0.15) is 0 Å². The molecule has 0 amide bonds. The summed E-state index contributed by atoms with van der Waals surface area (Å²) in [6, 6.07) is 0. The molecule has 1 aliphatic heterocycles. The Morgan fingerprint density at radius 3 is 1.86 bits per heavy atom. The maximum atomic E-state index is 12.4. The number of esters is 3. The molecule has 1 fully saturated rings. The molecule has 8 nitrogen and oxygen atoms in total. The van der Waals surface area contributed by atoms with Crippen LogP contribution in [0.3, 0.4) is 0 Å². The molecule has 3 atom stereocenters. The number of rotatable bonds is 13. The third kappa shape index (κ3) is 5.03. The van der Waals surface area contributed by atoms with Crippen molar-refractivity contribution < 1.29 is 38.8 Å². The highest BCUT2D eigenvalue weighted by Gasteiger charge is 2.75. The predicted molar refractivity (Wildman–Crippen MR) is 100 cm³/mol. The van der Waals surface area contributed by atoms with Gasteiger partial charge in [-0.25, -0.2) is 14.4 Å². The highest BCUT2D eigenvalue weighted by atomic mass is 16.6. The van der Waals surface area contributed by atoms with Gasteiger partial charge in [0.2, 0.25) is 5.60 Å². The van der Waals surface area contributed by atoms with Gasteiger partial charge in [-0.1, -0.05) is 64.7 Å². The second-order valence-electron chi connectivity index (χ2n) is 7.33. The van der Waals surface area contributed by atoms with Crippen LogP contribution in [0.4, 0.5) is 0 Å². The second-order valence-corrected chi connectivity index (χ2v) is 7.33. The third-order valence-corrected chi connectivity index (χ3v) is 5.40. The molecule has 1 heterocycles. The minimum Gasteiger partial charge on any atom is -0.467 e. The van der Waals surface area contributed by atoms with Crippen molar-refractivity contribution in [2.75, 3.05) is 14.2 Å². The number of carbonyl (C=O) groups is 3. The first kappa shape index (κ1) is 24.4. The minimum atomic E-state index is -2.84. The van der Waals surface area contributed by atoms with Crippen LogP contribution in [0.2, 0.25) is 0 Å². The van der Waals surface area contributed by atoms with Gasteiger partial charge in [-0.05, 0) is 6.42 Å². The van der Waals surface area contributed by atoms with Crippen LogP contribution in [0, 0.1) is 0 Å². The molecule has 162 valence electrons. The van der Waals surface area contributed by atoms with Gasteiger partial charge >= 0.3 is 17.9 Å². The summed E-state index contributed by atoms with van der Waals surface area (Å²) in [6.07, 6.45) is 8.03. The lowest BCUT2D eigenvalue weighted by Gasteiger charge is -2.35. The van der Waals surface area contributed by atoms with Crippen molar-refractivity contribution in [1.29, 1.82) is 0 Å². The minimum absolute atomic E-state index is 0.148. The summed E-state index contributed by atoms with van der Waals surface area (Å²) >= 11 is 0. The Kier molecular flexibility index (Phi) is 9.89. The molecular weight excluding hydrogens is 368 g/mol. The lowest BCUT2D eigenvalue weighted by Crippen LogP contribution is -2.66. The van der Waals surface area contributed by atoms with E-state index >= 15 is 0 Å². The Bertz CT molecular complexity index is 534. The van der Waals surface area contributed by atoms with Crippen LogP contribution in [0.1, 0.15) is 77.6 Å². The Balaban J connectivity index is 2.65. The number of aliphatic hydroxyl groups is 2. The fourth-order valence-corrected chi connectivity index (χ4v) is 3.70. The quantitative estimate of drug-likeness (QED) is 0.273. The molecule has 28 heavy (non-hydrogen) atoms. The topological polar surface area (TPSA) is 119 Å². The molecule has 0 aromatic rings. The second kappa shape index (κ2) is 11.4. The number of ether oxygens (including phenoxy) is 3. The van der Waals surface area contributed by atoms with E-state index in [2.05, 4.69) is 16.4 Å². The van der Waals surface area contributed by atoms with Gasteiger partial charge < -0.3 is 24.4 Å². The molecule has 0 aliphatic carbocycles. The Morgan fingerprint density at radius 1 is 0.929 bits per heavy atom. The number of hydrogen-bond acceptors (Lipinski definition) is 8. The number of aliphatic hydroxyl groups excluding tert-OH is 1. The number of cyclic esters (lactones) is 1. The van der Waals surface area contributed by atoms with Gasteiger partial charge in [0.15, 0.2) is 6.10 Å². The van der Waals surface area contributed by atoms with Crippen LogP contribution in [0.25, 0.3) is 0 Å². The lowest BCUT2D eigenvalue weighted by atomic mass is 9.77. The fourth-order valence-electron chi connectivity index (χ4n) is 3.70. The zero-order chi connectivity index (χ0) is 21.2. The number of carbonyl (C=O) groups excluding carboxylic acids is 3. The van der Waals surface area contributed by atoms with E-state index < -0.39 is 35.2 Å². The smallest absolute Gasteiger partial charge is 0.354 e. The van der Waals surface area contributed by atoms with Crippen molar-refractivity contribution in [2.24, 2.45) is 0 Å². The number of hydrogen-bond donors (Lipinski definition) is 2. The summed E-state index contributed by atoms with van der Waals surface area (Å²) in [5.41, 5.74) is -5.16. The summed E-state index contributed by atoms with van der Waals surface area (Å²) in [6.45, 7) is 2.18. The average molecular weight is 402 g/mol. The summed E-state index contributed by atoms with van der Waals surface area (Å²) in [5.74, 6) is -3.67. The van der Waals surface area contributed by atoms with Gasteiger partial charge in [0.05, 0.1) is 14.2 Å². The maximum Gasteiger partial charge on any atom is 0.354 e. The van der Waals surface area contributed by atoms with E-state index in [1.54, 1.807) is 0 Å². The van der Waals surface area contributed by atoms with E-state index in [1.807, 2.05) is 0 Å². The molecule has 0 radical (unpaired) electrons. The van der Waals surface area contributed by atoms with Crippen LogP contribution < -0.4 is 0 Å². The third-order valence-electron chi connectivity index (χ3n) is 5.40. The molecule has 2 N–H and O–H groups in total. The molecule has 1 rings (SSSR count). The predicted octanol–water partition coefficient (Wildman–Crippen LogP) is 2.03. The zero-order valence-corrected chi connectivity index (χ0v) is 17.2. The van der Waals surface area contributed by atoms with E-state index in [0.29, 0.717) is 6.42 Å². The van der Waals surface area contributed by atoms with Gasteiger partial charge in [-0.3, -0.25) is 0 Å². The van der Waals surface area contributed by atoms with E-state index in [0.717, 1.165) is 39.9 Å². The van der Waals surface area contributed by atoms with Crippen molar-refractivity contribution >= 4 is 17.9 Å². The molecule has 8 heteroatoms. The standard InChI is InChI=1S/C20H34O8/c1-4-5-6-7-8-9-10-11-12-13-14-19(17(23)26-2)20(25,18(24)27-3)15(21)16(22)28-19/h15,21,25H,4-14H2,1-3H3/t15-,19+,20-/m1/s1. The largest absolute Gasteiger partial charge is 0.467 e. The molecule has 0 bridgehead atoms. The first-order valence-corrected chi connectivity index (χ1v) is 10.1. The fraction of sp³-hybridized carbons (Fsp3) is 0.850. The van der Waals surface area contributed by atoms with Crippen LogP contribution in [-0.4, -0.2) is 59.6 Å². The van der Waals surface area contributed by atoms with Crippen molar-refractivity contribution in [3.63, 3.8) is 0 Å². The number of methoxy groups -OCH3 is 2. The van der Waals surface area contributed by atoms with Gasteiger partial charge in [0, 0.05) is 6.42 Å². The van der Waals surface area contributed by atoms with Crippen LogP contribution in [0.15, 0.2) is 0 Å². The van der Waals surface area contributed by atoms with Crippen LogP contribution in [-0.2, 0) is 28.6 Å². The summed E-state index contributed by atoms with van der Waals surface area (Å²) in [7, 11) is 2.04. The van der Waals surface area contributed by atoms with Crippen molar-refractivity contribution in [2.45, 2.75) is 94.9 Å². The molecule has 0 unspecified atom stereocenters. The zero-order valence-electron chi connectivity index (χ0n) is 17.2. The van der Waals surface area contributed by atoms with Crippen molar-refractivity contribution in [1.82, 2.24) is 0 Å². The maximum absolute atomic E-state index is 12.4. The summed E-state index contributed by atoms with van der Waals surface area (Å²) in [4.78, 5) is 36.4. The first-order chi connectivity index (χ1) is 13.3. The highest BCUT2D eigenvalue weighted by Crippen LogP contribution is 2.43. The number of unbranched alkanes of at least 4 members (excludes halogenated alkanes) is 9. The normalized spacial score (nSPS) is 26.8. The Morgan fingerprint density at radius 2 is 1.39 bits per heavy atom. The molecule has 1 aliphatic rings. The van der Waals surface area contributed by atoms with E-state index in [-0.39, 0.29) is 6.42 Å². The molecular formula is C20H34O8. The monoisotopic (exact) mass is 402 g/mol. The van der Waals surface area contributed by atoms with Crippen LogP contribution in [0.5, 0.6) is 0 Å². The average Bonchev–Trinajstić information content (AvgIpc) is 2.90. The highest BCUT2D eigenvalue weighted by molar-refractivity contribution is 6.02. The van der Waals surface area contributed by atoms with E-state index in [1.165, 1.54) is 32.1 Å². The SMILES string of the molecule is CCCCCCCCCCCC[C@@]1(C(=O)OC)OC(=O)[C@@H](O)[C@@]1(O)C(=O)OC. The van der Waals surface area contributed by atoms with E-state index in [9.17, 15) is 24.6 Å². The van der Waals surface area contributed by atoms with Crippen molar-refractivity contribution in [3.05, 3.63) is 0 Å². The lowest BCUT2D eigenvalue weighted by molar-refractivity contribution is -0.207. The van der Waals surface area contributed by atoms with Crippen molar-refractivity contribution in [3.8, 4) is 0 Å². The summed E-state index contributed by atoms with van der Waals surface area (Å²) in [5, 5.41) is 20.8. The molecule has 0 saturated carbocycles. The summed E-state index contributed by atoms with van der Waals surface area (Å²) < 4.78 is 14.2.